The maximum Gasteiger partial charge on any atom is 0.253 e. The first kappa shape index (κ1) is 20.8. The smallest absolute Gasteiger partial charge is 0.253 e. The van der Waals surface area contributed by atoms with Crippen LogP contribution in [0.2, 0.25) is 0 Å². The van der Waals surface area contributed by atoms with Crippen LogP contribution in [0.5, 0.6) is 0 Å². The van der Waals surface area contributed by atoms with E-state index in [1.165, 1.54) is 6.07 Å². The number of nitrogens with one attached hydrogen (secondary N) is 2. The van der Waals surface area contributed by atoms with Gasteiger partial charge in [0.15, 0.2) is 0 Å². The van der Waals surface area contributed by atoms with Crippen molar-refractivity contribution < 1.29 is 14.0 Å². The fraction of sp³-hybridized carbons (Fsp3) is 0.391. The van der Waals surface area contributed by atoms with E-state index in [4.69, 9.17) is 0 Å². The minimum atomic E-state index is -0.367. The number of halogens is 1. The van der Waals surface area contributed by atoms with Crippen molar-refractivity contribution in [1.82, 2.24) is 5.32 Å². The van der Waals surface area contributed by atoms with Crippen molar-refractivity contribution in [3.05, 3.63) is 59.9 Å². The zero-order valence-electron chi connectivity index (χ0n) is 17.2. The highest BCUT2D eigenvalue weighted by Crippen LogP contribution is 2.27. The SMILES string of the molecule is CC(C)(C)NC(=O)c1ccccc1NC(=O)C1CCN(c2ccccc2F)CC1. The predicted molar refractivity (Wildman–Crippen MR) is 114 cm³/mol. The third-order valence-corrected chi connectivity index (χ3v) is 4.98. The first-order chi connectivity index (χ1) is 13.7. The van der Waals surface area contributed by atoms with Gasteiger partial charge >= 0.3 is 0 Å². The van der Waals surface area contributed by atoms with Crippen molar-refractivity contribution in [2.75, 3.05) is 23.3 Å². The Morgan fingerprint density at radius 3 is 2.28 bits per heavy atom. The summed E-state index contributed by atoms with van der Waals surface area (Å²) in [7, 11) is 0. The molecule has 29 heavy (non-hydrogen) atoms. The highest BCUT2D eigenvalue weighted by Gasteiger charge is 2.27. The molecule has 6 heteroatoms. The van der Waals surface area contributed by atoms with Crippen LogP contribution in [0.3, 0.4) is 0 Å². The van der Waals surface area contributed by atoms with E-state index in [9.17, 15) is 14.0 Å². The first-order valence-corrected chi connectivity index (χ1v) is 9.96. The molecule has 1 heterocycles. The van der Waals surface area contributed by atoms with Crippen molar-refractivity contribution in [3.8, 4) is 0 Å². The van der Waals surface area contributed by atoms with E-state index >= 15 is 0 Å². The average Bonchev–Trinajstić information content (AvgIpc) is 2.67. The fourth-order valence-corrected chi connectivity index (χ4v) is 3.52. The summed E-state index contributed by atoms with van der Waals surface area (Å²) in [6.45, 7) is 6.97. The maximum atomic E-state index is 14.0. The minimum Gasteiger partial charge on any atom is -0.369 e. The van der Waals surface area contributed by atoms with Crippen LogP contribution in [0.1, 0.15) is 44.0 Å². The molecule has 0 unspecified atom stereocenters. The minimum absolute atomic E-state index is 0.103. The van der Waals surface area contributed by atoms with Gasteiger partial charge in [-0.2, -0.15) is 0 Å². The third-order valence-electron chi connectivity index (χ3n) is 4.98. The van der Waals surface area contributed by atoms with E-state index < -0.39 is 0 Å². The number of nitrogens with zero attached hydrogens (tertiary/aromatic N) is 1. The normalized spacial score (nSPS) is 15.1. The predicted octanol–water partition coefficient (Wildman–Crippen LogP) is 4.21. The first-order valence-electron chi connectivity index (χ1n) is 9.96. The molecule has 1 aliphatic rings. The molecule has 154 valence electrons. The number of amides is 2. The number of hydrogen-bond acceptors (Lipinski definition) is 3. The van der Waals surface area contributed by atoms with Crippen molar-refractivity contribution in [2.45, 2.75) is 39.2 Å². The standard InChI is InChI=1S/C23H28FN3O2/c1-23(2,3)26-22(29)17-8-4-6-10-19(17)25-21(28)16-12-14-27(15-13-16)20-11-7-5-9-18(20)24/h4-11,16H,12-15H2,1-3H3,(H,25,28)(H,26,29). The average molecular weight is 397 g/mol. The summed E-state index contributed by atoms with van der Waals surface area (Å²) in [5.74, 6) is -0.733. The lowest BCUT2D eigenvalue weighted by Gasteiger charge is -2.33. The Bertz CT molecular complexity index is 884. The summed E-state index contributed by atoms with van der Waals surface area (Å²) in [6, 6.07) is 13.7. The molecule has 2 aromatic rings. The summed E-state index contributed by atoms with van der Waals surface area (Å²) in [5.41, 5.74) is 1.17. The van der Waals surface area contributed by atoms with Gasteiger partial charge in [-0.1, -0.05) is 24.3 Å². The van der Waals surface area contributed by atoms with E-state index in [1.54, 1.807) is 36.4 Å². The molecule has 1 saturated heterocycles. The van der Waals surface area contributed by atoms with E-state index in [0.717, 1.165) is 0 Å². The molecule has 3 rings (SSSR count). The maximum absolute atomic E-state index is 14.0. The van der Waals surface area contributed by atoms with E-state index in [1.807, 2.05) is 31.7 Å². The Morgan fingerprint density at radius 2 is 1.62 bits per heavy atom. The second kappa shape index (κ2) is 8.64. The fourth-order valence-electron chi connectivity index (χ4n) is 3.52. The second-order valence-corrected chi connectivity index (χ2v) is 8.45. The zero-order chi connectivity index (χ0) is 21.0. The van der Waals surface area contributed by atoms with Crippen molar-refractivity contribution in [2.24, 2.45) is 5.92 Å². The Kier molecular flexibility index (Phi) is 6.20. The van der Waals surface area contributed by atoms with Crippen LogP contribution in [-0.2, 0) is 4.79 Å². The molecule has 2 aromatic carbocycles. The van der Waals surface area contributed by atoms with Crippen LogP contribution < -0.4 is 15.5 Å². The molecular weight excluding hydrogens is 369 g/mol. The monoisotopic (exact) mass is 397 g/mol. The number of rotatable bonds is 4. The molecule has 5 nitrogen and oxygen atoms in total. The van der Waals surface area contributed by atoms with E-state index in [-0.39, 0.29) is 29.1 Å². The number of para-hydroxylation sites is 2. The summed E-state index contributed by atoms with van der Waals surface area (Å²) < 4.78 is 14.0. The van der Waals surface area contributed by atoms with Gasteiger partial charge in [-0.05, 0) is 57.9 Å². The zero-order valence-corrected chi connectivity index (χ0v) is 17.2. The highest BCUT2D eigenvalue weighted by molar-refractivity contribution is 6.04. The summed E-state index contributed by atoms with van der Waals surface area (Å²) in [4.78, 5) is 27.3. The molecule has 0 saturated carbocycles. The number of benzene rings is 2. The highest BCUT2D eigenvalue weighted by atomic mass is 19.1. The summed E-state index contributed by atoms with van der Waals surface area (Å²) >= 11 is 0. The quantitative estimate of drug-likeness (QED) is 0.812. The molecule has 1 aliphatic heterocycles. The Labute approximate surface area is 171 Å². The molecule has 0 aliphatic carbocycles. The topological polar surface area (TPSA) is 61.4 Å². The molecule has 0 aromatic heterocycles. The van der Waals surface area contributed by atoms with Gasteiger partial charge in [-0.3, -0.25) is 9.59 Å². The number of carbonyl (C=O) groups is 2. The van der Waals surface area contributed by atoms with E-state index in [2.05, 4.69) is 10.6 Å². The van der Waals surface area contributed by atoms with Crippen LogP contribution in [0.15, 0.2) is 48.5 Å². The van der Waals surface area contributed by atoms with Gasteiger partial charge in [0, 0.05) is 24.5 Å². The number of piperidine rings is 1. The van der Waals surface area contributed by atoms with Crippen molar-refractivity contribution in [1.29, 1.82) is 0 Å². The van der Waals surface area contributed by atoms with Gasteiger partial charge in [0.05, 0.1) is 16.9 Å². The largest absolute Gasteiger partial charge is 0.369 e. The molecule has 0 bridgehead atoms. The van der Waals surface area contributed by atoms with Crippen LogP contribution in [-0.4, -0.2) is 30.4 Å². The van der Waals surface area contributed by atoms with Crippen molar-refractivity contribution in [3.63, 3.8) is 0 Å². The van der Waals surface area contributed by atoms with Crippen LogP contribution >= 0.6 is 0 Å². The van der Waals surface area contributed by atoms with Crippen LogP contribution in [0, 0.1) is 11.7 Å². The molecule has 0 atom stereocenters. The van der Waals surface area contributed by atoms with Gasteiger partial charge in [0.2, 0.25) is 5.91 Å². The lowest BCUT2D eigenvalue weighted by molar-refractivity contribution is -0.120. The second-order valence-electron chi connectivity index (χ2n) is 8.45. The Morgan fingerprint density at radius 1 is 1.00 bits per heavy atom. The lowest BCUT2D eigenvalue weighted by atomic mass is 9.95. The molecule has 2 N–H and O–H groups in total. The molecular formula is C23H28FN3O2. The van der Waals surface area contributed by atoms with Crippen molar-refractivity contribution >= 4 is 23.2 Å². The molecule has 0 radical (unpaired) electrons. The van der Waals surface area contributed by atoms with Gasteiger partial charge in [-0.15, -0.1) is 0 Å². The number of hydrogen-bond donors (Lipinski definition) is 2. The molecule has 2 amide bonds. The number of carbonyl (C=O) groups excluding carboxylic acids is 2. The van der Waals surface area contributed by atoms with Gasteiger partial charge in [0.1, 0.15) is 5.82 Å². The Balaban J connectivity index is 1.63. The number of anilines is 2. The van der Waals surface area contributed by atoms with Gasteiger partial charge in [0.25, 0.3) is 5.91 Å². The van der Waals surface area contributed by atoms with Crippen LogP contribution in [0.25, 0.3) is 0 Å². The van der Waals surface area contributed by atoms with Crippen LogP contribution in [0.4, 0.5) is 15.8 Å². The molecule has 1 fully saturated rings. The Hall–Kier alpha value is -2.89. The van der Waals surface area contributed by atoms with Gasteiger partial charge < -0.3 is 15.5 Å². The third kappa shape index (κ3) is 5.34. The van der Waals surface area contributed by atoms with E-state index in [0.29, 0.717) is 42.9 Å². The summed E-state index contributed by atoms with van der Waals surface area (Å²) in [6.07, 6.45) is 1.27. The molecule has 0 spiro atoms. The summed E-state index contributed by atoms with van der Waals surface area (Å²) in [5, 5.41) is 5.85. The van der Waals surface area contributed by atoms with Gasteiger partial charge in [-0.25, -0.2) is 4.39 Å². The lowest BCUT2D eigenvalue weighted by Crippen LogP contribution is -2.41.